The van der Waals surface area contributed by atoms with Gasteiger partial charge in [0.2, 0.25) is 0 Å². The van der Waals surface area contributed by atoms with Gasteiger partial charge in [-0.2, -0.15) is 5.10 Å². The summed E-state index contributed by atoms with van der Waals surface area (Å²) in [6.07, 6.45) is 1.49. The summed E-state index contributed by atoms with van der Waals surface area (Å²) in [6.45, 7) is 0. The summed E-state index contributed by atoms with van der Waals surface area (Å²) < 4.78 is 0. The Balaban J connectivity index is 2.78. The summed E-state index contributed by atoms with van der Waals surface area (Å²) >= 11 is 0. The second-order valence-electron chi connectivity index (χ2n) is 2.35. The molecule has 0 spiro atoms. The van der Waals surface area contributed by atoms with Gasteiger partial charge in [-0.25, -0.2) is 10.1 Å². The molecule has 1 aromatic heterocycles. The Hall–Kier alpha value is -2.36. The number of carbonyl (C=O) groups is 1. The largest absolute Gasteiger partial charge is 0.364 e. The summed E-state index contributed by atoms with van der Waals surface area (Å²) in [5.74, 6) is 1.58. The summed E-state index contributed by atoms with van der Waals surface area (Å²) in [7, 11) is 0. The Morgan fingerprint density at radius 1 is 1.79 bits per heavy atom. The molecule has 0 saturated heterocycles. The Bertz CT molecular complexity index is 426. The van der Waals surface area contributed by atoms with Gasteiger partial charge in [-0.3, -0.25) is 9.89 Å². The molecule has 3 N–H and O–H groups in total. The third-order valence-corrected chi connectivity index (χ3v) is 1.40. The van der Waals surface area contributed by atoms with Crippen LogP contribution in [0.4, 0.5) is 0 Å². The predicted molar refractivity (Wildman–Crippen MR) is 45.6 cm³/mol. The third kappa shape index (κ3) is 2.31. The number of primary amides is 1. The van der Waals surface area contributed by atoms with Gasteiger partial charge in [0, 0.05) is 18.2 Å². The minimum Gasteiger partial charge on any atom is -0.364 e. The number of amides is 1. The third-order valence-electron chi connectivity index (χ3n) is 1.40. The van der Waals surface area contributed by atoms with E-state index in [9.17, 15) is 14.9 Å². The zero-order valence-corrected chi connectivity index (χ0v) is 6.98. The number of nitrogens with two attached hydrogens (primary N) is 1. The SMILES string of the molecule is NC(=O)c1n[nH]cc1CC#C[N+](=O)[O-]. The molecule has 1 heterocycles. The van der Waals surface area contributed by atoms with Crippen molar-refractivity contribution in [3.8, 4) is 12.0 Å². The molecule has 0 saturated carbocycles. The summed E-state index contributed by atoms with van der Waals surface area (Å²) in [6, 6.07) is 1.73. The number of hydrogen-bond donors (Lipinski definition) is 2. The molecule has 7 heteroatoms. The van der Waals surface area contributed by atoms with E-state index in [2.05, 4.69) is 16.1 Å². The van der Waals surface area contributed by atoms with Crippen LogP contribution in [0, 0.1) is 22.1 Å². The van der Waals surface area contributed by atoms with E-state index in [1.54, 1.807) is 6.04 Å². The maximum absolute atomic E-state index is 10.7. The first kappa shape index (κ1) is 9.73. The molecule has 0 bridgehead atoms. The fourth-order valence-corrected chi connectivity index (χ4v) is 0.862. The van der Waals surface area contributed by atoms with Crippen molar-refractivity contribution in [2.45, 2.75) is 6.42 Å². The maximum Gasteiger partial charge on any atom is 0.290 e. The zero-order valence-electron chi connectivity index (χ0n) is 6.98. The number of nitrogens with one attached hydrogen (secondary N) is 1. The molecule has 1 amide bonds. The van der Waals surface area contributed by atoms with Crippen LogP contribution in [0.1, 0.15) is 16.1 Å². The molecule has 7 nitrogen and oxygen atoms in total. The van der Waals surface area contributed by atoms with Gasteiger partial charge in [0.15, 0.2) is 5.69 Å². The summed E-state index contributed by atoms with van der Waals surface area (Å²) in [5, 5.41) is 15.9. The average Bonchev–Trinajstić information content (AvgIpc) is 2.51. The van der Waals surface area contributed by atoms with Gasteiger partial charge in [0.1, 0.15) is 4.92 Å². The predicted octanol–water partition coefficient (Wildman–Crippen LogP) is -0.711. The lowest BCUT2D eigenvalue weighted by Crippen LogP contribution is -2.13. The second-order valence-corrected chi connectivity index (χ2v) is 2.35. The number of nitro groups is 1. The number of nitrogens with zero attached hydrogens (tertiary/aromatic N) is 2. The van der Waals surface area contributed by atoms with Gasteiger partial charge in [0.25, 0.3) is 12.0 Å². The number of carbonyl (C=O) groups excluding carboxylic acids is 1. The van der Waals surface area contributed by atoms with E-state index >= 15 is 0 Å². The fourth-order valence-electron chi connectivity index (χ4n) is 0.862. The topological polar surface area (TPSA) is 115 Å². The van der Waals surface area contributed by atoms with Crippen LogP contribution in [-0.4, -0.2) is 21.0 Å². The van der Waals surface area contributed by atoms with E-state index in [4.69, 9.17) is 5.73 Å². The molecule has 0 radical (unpaired) electrons. The quantitative estimate of drug-likeness (QED) is 0.280. The van der Waals surface area contributed by atoms with Crippen molar-refractivity contribution in [3.63, 3.8) is 0 Å². The van der Waals surface area contributed by atoms with E-state index in [0.717, 1.165) is 0 Å². The number of H-pyrrole nitrogens is 1. The van der Waals surface area contributed by atoms with Crippen LogP contribution in [0.3, 0.4) is 0 Å². The Kier molecular flexibility index (Phi) is 2.81. The van der Waals surface area contributed by atoms with Crippen molar-refractivity contribution in [2.75, 3.05) is 0 Å². The molecule has 0 fully saturated rings. The molecular weight excluding hydrogens is 188 g/mol. The molecule has 72 valence electrons. The van der Waals surface area contributed by atoms with Crippen molar-refractivity contribution in [2.24, 2.45) is 5.73 Å². The van der Waals surface area contributed by atoms with E-state index in [1.165, 1.54) is 6.20 Å². The van der Waals surface area contributed by atoms with Crippen LogP contribution in [0.25, 0.3) is 0 Å². The second kappa shape index (κ2) is 4.04. The molecule has 0 aliphatic rings. The first-order valence-corrected chi connectivity index (χ1v) is 3.56. The maximum atomic E-state index is 10.7. The van der Waals surface area contributed by atoms with Gasteiger partial charge in [-0.1, -0.05) is 0 Å². The minimum absolute atomic E-state index is 0.0580. The van der Waals surface area contributed by atoms with E-state index in [-0.39, 0.29) is 12.1 Å². The van der Waals surface area contributed by atoms with Crippen LogP contribution in [0.15, 0.2) is 6.20 Å². The van der Waals surface area contributed by atoms with Crippen molar-refractivity contribution in [3.05, 3.63) is 27.6 Å². The molecule has 0 unspecified atom stereocenters. The average molecular weight is 194 g/mol. The van der Waals surface area contributed by atoms with E-state index in [0.29, 0.717) is 5.56 Å². The monoisotopic (exact) mass is 194 g/mol. The first-order valence-electron chi connectivity index (χ1n) is 3.56. The number of aromatic amines is 1. The van der Waals surface area contributed by atoms with Crippen LogP contribution < -0.4 is 5.73 Å². The summed E-state index contributed by atoms with van der Waals surface area (Å²) in [5.41, 5.74) is 5.50. The van der Waals surface area contributed by atoms with E-state index < -0.39 is 10.8 Å². The van der Waals surface area contributed by atoms with Gasteiger partial charge >= 0.3 is 0 Å². The highest BCUT2D eigenvalue weighted by Crippen LogP contribution is 2.03. The Labute approximate surface area is 78.4 Å². The minimum atomic E-state index is -0.760. The standard InChI is InChI=1S/C7H6N4O3/c8-7(12)6-5(4-9-10-6)2-1-3-11(13)14/h4H,2H2,(H2,8,12)(H,9,10). The molecule has 0 atom stereocenters. The summed E-state index contributed by atoms with van der Waals surface area (Å²) in [4.78, 5) is 19.8. The highest BCUT2D eigenvalue weighted by Gasteiger charge is 2.09. The smallest absolute Gasteiger partial charge is 0.290 e. The lowest BCUT2D eigenvalue weighted by molar-refractivity contribution is -0.379. The van der Waals surface area contributed by atoms with Crippen molar-refractivity contribution in [1.82, 2.24) is 10.2 Å². The zero-order chi connectivity index (χ0) is 10.6. The van der Waals surface area contributed by atoms with Gasteiger partial charge in [-0.15, -0.1) is 0 Å². The van der Waals surface area contributed by atoms with Gasteiger partial charge in [0.05, 0.1) is 0 Å². The molecule has 1 aromatic rings. The van der Waals surface area contributed by atoms with Gasteiger partial charge < -0.3 is 5.73 Å². The lowest BCUT2D eigenvalue weighted by atomic mass is 10.2. The van der Waals surface area contributed by atoms with Crippen LogP contribution in [-0.2, 0) is 6.42 Å². The number of hydrogen-bond acceptors (Lipinski definition) is 4. The lowest BCUT2D eigenvalue weighted by Gasteiger charge is -1.89. The van der Waals surface area contributed by atoms with Crippen LogP contribution in [0.2, 0.25) is 0 Å². The van der Waals surface area contributed by atoms with Crippen molar-refractivity contribution >= 4 is 5.91 Å². The molecule has 0 aliphatic heterocycles. The van der Waals surface area contributed by atoms with Crippen LogP contribution in [0.5, 0.6) is 0 Å². The van der Waals surface area contributed by atoms with Gasteiger partial charge in [-0.05, 0) is 5.92 Å². The first-order chi connectivity index (χ1) is 6.61. The number of rotatable bonds is 2. The van der Waals surface area contributed by atoms with Crippen molar-refractivity contribution in [1.29, 1.82) is 0 Å². The molecular formula is C7H6N4O3. The van der Waals surface area contributed by atoms with E-state index in [1.807, 2.05) is 0 Å². The Morgan fingerprint density at radius 3 is 3.07 bits per heavy atom. The normalized spacial score (nSPS) is 8.86. The molecule has 14 heavy (non-hydrogen) atoms. The molecule has 0 aliphatic carbocycles. The van der Waals surface area contributed by atoms with Crippen molar-refractivity contribution < 1.29 is 9.72 Å². The molecule has 0 aromatic carbocycles. The highest BCUT2D eigenvalue weighted by atomic mass is 16.6. The molecule has 1 rings (SSSR count). The van der Waals surface area contributed by atoms with Crippen LogP contribution >= 0.6 is 0 Å². The number of aromatic nitrogens is 2. The Morgan fingerprint density at radius 2 is 2.50 bits per heavy atom. The fraction of sp³-hybridized carbons (Fsp3) is 0.143. The highest BCUT2D eigenvalue weighted by molar-refractivity contribution is 5.92.